The standard InChI is InChI=1S/C21H23N3O4S2/c1-23-15(11-14(22-23)19-6-5-8-29-19)20(25)24-7-9-30-21(24)13-10-17(27-3)18(28-4)12-16(13)26-2/h5-6,8,10-12,21H,7,9H2,1-4H3. The first-order valence-electron chi connectivity index (χ1n) is 9.37. The molecule has 1 unspecified atom stereocenters. The summed E-state index contributed by atoms with van der Waals surface area (Å²) in [5.41, 5.74) is 2.25. The third kappa shape index (κ3) is 3.63. The lowest BCUT2D eigenvalue weighted by atomic mass is 10.1. The van der Waals surface area contributed by atoms with Gasteiger partial charge in [-0.2, -0.15) is 5.10 Å². The molecule has 4 rings (SSSR count). The molecule has 158 valence electrons. The molecule has 1 amide bonds. The summed E-state index contributed by atoms with van der Waals surface area (Å²) in [6.45, 7) is 0.644. The molecule has 0 spiro atoms. The van der Waals surface area contributed by atoms with Crippen molar-refractivity contribution in [3.8, 4) is 27.8 Å². The van der Waals surface area contributed by atoms with Crippen LogP contribution in [0.2, 0.25) is 0 Å². The summed E-state index contributed by atoms with van der Waals surface area (Å²) in [6, 6.07) is 9.53. The van der Waals surface area contributed by atoms with Crippen molar-refractivity contribution >= 4 is 29.0 Å². The molecule has 0 saturated carbocycles. The van der Waals surface area contributed by atoms with Crippen molar-refractivity contribution in [2.45, 2.75) is 5.37 Å². The highest BCUT2D eigenvalue weighted by Crippen LogP contribution is 2.46. The van der Waals surface area contributed by atoms with Crippen LogP contribution >= 0.6 is 23.1 Å². The first kappa shape index (κ1) is 20.6. The molecular formula is C21H23N3O4S2. The molecule has 9 heteroatoms. The minimum Gasteiger partial charge on any atom is -0.496 e. The van der Waals surface area contributed by atoms with E-state index in [9.17, 15) is 4.79 Å². The van der Waals surface area contributed by atoms with Crippen molar-refractivity contribution in [2.75, 3.05) is 33.6 Å². The van der Waals surface area contributed by atoms with E-state index in [1.807, 2.05) is 34.5 Å². The van der Waals surface area contributed by atoms with E-state index in [1.165, 1.54) is 0 Å². The van der Waals surface area contributed by atoms with Crippen molar-refractivity contribution in [1.29, 1.82) is 0 Å². The fourth-order valence-electron chi connectivity index (χ4n) is 3.54. The largest absolute Gasteiger partial charge is 0.496 e. The molecule has 0 radical (unpaired) electrons. The lowest BCUT2D eigenvalue weighted by Crippen LogP contribution is -2.32. The Morgan fingerprint density at radius 2 is 1.83 bits per heavy atom. The Balaban J connectivity index is 1.69. The Bertz CT molecular complexity index is 1050. The molecule has 1 aliphatic heterocycles. The van der Waals surface area contributed by atoms with Gasteiger partial charge in [0.15, 0.2) is 11.5 Å². The molecule has 1 aliphatic rings. The van der Waals surface area contributed by atoms with Gasteiger partial charge in [0.2, 0.25) is 0 Å². The Morgan fingerprint density at radius 1 is 1.10 bits per heavy atom. The monoisotopic (exact) mass is 445 g/mol. The van der Waals surface area contributed by atoms with Crippen LogP contribution < -0.4 is 14.2 Å². The number of methoxy groups -OCH3 is 3. The van der Waals surface area contributed by atoms with E-state index < -0.39 is 0 Å². The number of ether oxygens (including phenoxy) is 3. The van der Waals surface area contributed by atoms with Crippen LogP contribution in [0.25, 0.3) is 10.6 Å². The summed E-state index contributed by atoms with van der Waals surface area (Å²) >= 11 is 3.31. The topological polar surface area (TPSA) is 65.8 Å². The number of carbonyl (C=O) groups is 1. The third-order valence-electron chi connectivity index (χ3n) is 5.03. The minimum atomic E-state index is -0.188. The zero-order valence-electron chi connectivity index (χ0n) is 17.2. The number of aryl methyl sites for hydroxylation is 1. The van der Waals surface area contributed by atoms with E-state index in [-0.39, 0.29) is 11.3 Å². The van der Waals surface area contributed by atoms with Crippen molar-refractivity contribution in [2.24, 2.45) is 7.05 Å². The summed E-state index contributed by atoms with van der Waals surface area (Å²) in [6.07, 6.45) is 0. The summed E-state index contributed by atoms with van der Waals surface area (Å²) in [5.74, 6) is 2.64. The number of amides is 1. The molecule has 1 fully saturated rings. The molecule has 0 aliphatic carbocycles. The van der Waals surface area contributed by atoms with Gasteiger partial charge in [-0.1, -0.05) is 6.07 Å². The highest BCUT2D eigenvalue weighted by atomic mass is 32.2. The number of carbonyl (C=O) groups excluding carboxylic acids is 1. The average molecular weight is 446 g/mol. The number of thiophene rings is 1. The van der Waals surface area contributed by atoms with Crippen LogP contribution in [0.1, 0.15) is 21.4 Å². The average Bonchev–Trinajstić information content (AvgIpc) is 3.52. The number of thioether (sulfide) groups is 1. The van der Waals surface area contributed by atoms with Crippen LogP contribution in [0, 0.1) is 0 Å². The lowest BCUT2D eigenvalue weighted by molar-refractivity contribution is 0.0748. The summed E-state index contributed by atoms with van der Waals surface area (Å²) < 4.78 is 18.1. The molecular weight excluding hydrogens is 422 g/mol. The Kier molecular flexibility index (Phi) is 5.92. The maximum Gasteiger partial charge on any atom is 0.273 e. The fraction of sp³-hybridized carbons (Fsp3) is 0.333. The number of benzene rings is 1. The van der Waals surface area contributed by atoms with Gasteiger partial charge in [-0.3, -0.25) is 9.48 Å². The Hall–Kier alpha value is -2.65. The second kappa shape index (κ2) is 8.61. The number of rotatable bonds is 6. The fourth-order valence-corrected chi connectivity index (χ4v) is 5.49. The molecule has 3 aromatic rings. The summed E-state index contributed by atoms with van der Waals surface area (Å²) in [7, 11) is 6.61. The van der Waals surface area contributed by atoms with Crippen molar-refractivity contribution in [1.82, 2.24) is 14.7 Å². The van der Waals surface area contributed by atoms with Crippen LogP contribution in [0.5, 0.6) is 17.2 Å². The van der Waals surface area contributed by atoms with Crippen molar-refractivity contribution in [3.05, 3.63) is 47.0 Å². The number of nitrogens with zero attached hydrogens (tertiary/aromatic N) is 3. The molecule has 1 saturated heterocycles. The smallest absolute Gasteiger partial charge is 0.273 e. The second-order valence-electron chi connectivity index (χ2n) is 6.69. The lowest BCUT2D eigenvalue weighted by Gasteiger charge is -2.26. The summed E-state index contributed by atoms with van der Waals surface area (Å²) in [4.78, 5) is 16.4. The van der Waals surface area contributed by atoms with Crippen LogP contribution in [-0.2, 0) is 7.05 Å². The first-order chi connectivity index (χ1) is 14.6. The van der Waals surface area contributed by atoms with Gasteiger partial charge in [-0.25, -0.2) is 0 Å². The SMILES string of the molecule is COc1cc(OC)c(C2SCCN2C(=O)c2cc(-c3cccs3)nn2C)cc1OC. The third-order valence-corrected chi connectivity index (χ3v) is 7.16. The molecule has 7 nitrogen and oxygen atoms in total. The molecule has 2 aromatic heterocycles. The van der Waals surface area contributed by atoms with E-state index in [0.717, 1.165) is 21.9 Å². The van der Waals surface area contributed by atoms with E-state index >= 15 is 0 Å². The number of hydrogen-bond acceptors (Lipinski definition) is 7. The van der Waals surface area contributed by atoms with Gasteiger partial charge >= 0.3 is 0 Å². The zero-order chi connectivity index (χ0) is 21.3. The number of hydrogen-bond donors (Lipinski definition) is 0. The normalized spacial score (nSPS) is 16.0. The van der Waals surface area contributed by atoms with Crippen LogP contribution in [0.3, 0.4) is 0 Å². The molecule has 1 atom stereocenters. The van der Waals surface area contributed by atoms with Crippen LogP contribution in [-0.4, -0.2) is 54.2 Å². The predicted octanol–water partition coefficient (Wildman–Crippen LogP) is 4.06. The first-order valence-corrected chi connectivity index (χ1v) is 11.3. The summed E-state index contributed by atoms with van der Waals surface area (Å²) in [5, 5.41) is 6.35. The highest BCUT2D eigenvalue weighted by molar-refractivity contribution is 7.99. The second-order valence-corrected chi connectivity index (χ2v) is 8.82. The van der Waals surface area contributed by atoms with Crippen LogP contribution in [0.15, 0.2) is 35.7 Å². The highest BCUT2D eigenvalue weighted by Gasteiger charge is 2.35. The van der Waals surface area contributed by atoms with Gasteiger partial charge in [-0.05, 0) is 23.6 Å². The minimum absolute atomic E-state index is 0.0559. The predicted molar refractivity (Wildman–Crippen MR) is 119 cm³/mol. The van der Waals surface area contributed by atoms with Gasteiger partial charge in [-0.15, -0.1) is 23.1 Å². The van der Waals surface area contributed by atoms with Gasteiger partial charge in [0.1, 0.15) is 22.5 Å². The van der Waals surface area contributed by atoms with Gasteiger partial charge < -0.3 is 19.1 Å². The van der Waals surface area contributed by atoms with E-state index in [0.29, 0.717) is 29.5 Å². The van der Waals surface area contributed by atoms with E-state index in [1.54, 1.807) is 62.2 Å². The molecule has 30 heavy (non-hydrogen) atoms. The Morgan fingerprint density at radius 3 is 2.50 bits per heavy atom. The number of aromatic nitrogens is 2. The quantitative estimate of drug-likeness (QED) is 0.570. The van der Waals surface area contributed by atoms with Gasteiger partial charge in [0.05, 0.1) is 26.2 Å². The van der Waals surface area contributed by atoms with Crippen molar-refractivity contribution in [3.63, 3.8) is 0 Å². The molecule has 0 bridgehead atoms. The maximum atomic E-state index is 13.5. The van der Waals surface area contributed by atoms with Gasteiger partial charge in [0, 0.05) is 31.0 Å². The van der Waals surface area contributed by atoms with E-state index in [2.05, 4.69) is 5.10 Å². The molecule has 1 aromatic carbocycles. The molecule has 0 N–H and O–H groups in total. The molecule has 3 heterocycles. The maximum absolute atomic E-state index is 13.5. The van der Waals surface area contributed by atoms with Crippen LogP contribution in [0.4, 0.5) is 0 Å². The van der Waals surface area contributed by atoms with E-state index in [4.69, 9.17) is 14.2 Å². The zero-order valence-corrected chi connectivity index (χ0v) is 18.9. The van der Waals surface area contributed by atoms with Crippen molar-refractivity contribution < 1.29 is 19.0 Å². The Labute approximate surface area is 183 Å². The van der Waals surface area contributed by atoms with Gasteiger partial charge in [0.25, 0.3) is 5.91 Å².